The minimum absolute atomic E-state index is 0.325. The van der Waals surface area contributed by atoms with Crippen LogP contribution < -0.4 is 4.74 Å². The lowest BCUT2D eigenvalue weighted by molar-refractivity contribution is 0.0520. The number of ether oxygens (including phenoxy) is 2. The van der Waals surface area contributed by atoms with Crippen LogP contribution in [0.3, 0.4) is 0 Å². The summed E-state index contributed by atoms with van der Waals surface area (Å²) in [7, 11) is 1.49. The second kappa shape index (κ2) is 4.63. The van der Waals surface area contributed by atoms with Gasteiger partial charge in [0.15, 0.2) is 0 Å². The second-order valence-electron chi connectivity index (χ2n) is 3.32. The van der Waals surface area contributed by atoms with Crippen molar-refractivity contribution in [3.63, 3.8) is 0 Å². The van der Waals surface area contributed by atoms with Crippen molar-refractivity contribution in [1.29, 1.82) is 0 Å². The van der Waals surface area contributed by atoms with Crippen molar-refractivity contribution in [1.82, 2.24) is 9.97 Å². The van der Waals surface area contributed by atoms with E-state index in [0.717, 1.165) is 0 Å². The minimum atomic E-state index is -0.416. The Morgan fingerprint density at radius 1 is 1.53 bits per heavy atom. The molecule has 0 aromatic carbocycles. The molecule has 0 saturated carbocycles. The molecule has 0 aliphatic carbocycles. The van der Waals surface area contributed by atoms with Crippen LogP contribution in [0.4, 0.5) is 0 Å². The Morgan fingerprint density at radius 2 is 2.29 bits per heavy atom. The van der Waals surface area contributed by atoms with Crippen molar-refractivity contribution < 1.29 is 14.3 Å². The average molecular weight is 255 g/mol. The monoisotopic (exact) mass is 254 g/mol. The molecule has 17 heavy (non-hydrogen) atoms. The number of nitrogens with one attached hydrogen (secondary N) is 1. The first-order valence-electron chi connectivity index (χ1n) is 5.06. The van der Waals surface area contributed by atoms with E-state index in [1.807, 2.05) is 0 Å². The number of carbonyl (C=O) groups is 1. The molecule has 0 saturated heterocycles. The van der Waals surface area contributed by atoms with Gasteiger partial charge in [0.25, 0.3) is 0 Å². The molecule has 0 atom stereocenters. The Bertz CT molecular complexity index is 565. The summed E-state index contributed by atoms with van der Waals surface area (Å²) in [4.78, 5) is 18.6. The number of pyridine rings is 1. The van der Waals surface area contributed by atoms with Gasteiger partial charge in [-0.25, -0.2) is 9.78 Å². The molecule has 90 valence electrons. The standard InChI is InChI=1S/C11H11ClN2O3/c1-3-17-11(15)9-5-8-7(13-9)4-6(12)10(14-8)16-2/h4-5,13H,3H2,1-2H3. The van der Waals surface area contributed by atoms with Crippen LogP contribution in [0.15, 0.2) is 12.1 Å². The van der Waals surface area contributed by atoms with Crippen LogP contribution in [-0.2, 0) is 4.74 Å². The largest absolute Gasteiger partial charge is 0.480 e. The molecule has 2 aromatic rings. The number of H-pyrrole nitrogens is 1. The van der Waals surface area contributed by atoms with E-state index in [0.29, 0.717) is 34.2 Å². The lowest BCUT2D eigenvalue weighted by atomic mass is 10.3. The molecule has 2 aromatic heterocycles. The van der Waals surface area contributed by atoms with Crippen LogP contribution in [0.1, 0.15) is 17.4 Å². The van der Waals surface area contributed by atoms with E-state index < -0.39 is 5.97 Å². The molecule has 0 aliphatic rings. The van der Waals surface area contributed by atoms with Gasteiger partial charge >= 0.3 is 5.97 Å². The molecule has 0 fully saturated rings. The van der Waals surface area contributed by atoms with E-state index in [-0.39, 0.29) is 0 Å². The number of nitrogens with zero attached hydrogens (tertiary/aromatic N) is 1. The van der Waals surface area contributed by atoms with Gasteiger partial charge in [-0.15, -0.1) is 0 Å². The smallest absolute Gasteiger partial charge is 0.354 e. The fraction of sp³-hybridized carbons (Fsp3) is 0.273. The molecule has 2 heterocycles. The van der Waals surface area contributed by atoms with E-state index in [1.165, 1.54) is 7.11 Å². The topological polar surface area (TPSA) is 64.2 Å². The predicted octanol–water partition coefficient (Wildman–Crippen LogP) is 2.40. The molecule has 0 spiro atoms. The summed E-state index contributed by atoms with van der Waals surface area (Å²) in [5.41, 5.74) is 1.62. The highest BCUT2D eigenvalue weighted by atomic mass is 35.5. The molecular weight excluding hydrogens is 244 g/mol. The summed E-state index contributed by atoms with van der Waals surface area (Å²) in [5.74, 6) is -0.0887. The van der Waals surface area contributed by atoms with E-state index in [9.17, 15) is 4.79 Å². The Balaban J connectivity index is 2.47. The first-order valence-corrected chi connectivity index (χ1v) is 5.44. The molecule has 0 unspecified atom stereocenters. The van der Waals surface area contributed by atoms with Crippen LogP contribution in [0.2, 0.25) is 5.02 Å². The van der Waals surface area contributed by atoms with E-state index in [2.05, 4.69) is 9.97 Å². The fourth-order valence-electron chi connectivity index (χ4n) is 1.48. The molecule has 6 heteroatoms. The maximum Gasteiger partial charge on any atom is 0.354 e. The van der Waals surface area contributed by atoms with Gasteiger partial charge < -0.3 is 14.5 Å². The number of halogens is 1. The molecular formula is C11H11ClN2O3. The van der Waals surface area contributed by atoms with Gasteiger partial charge in [0.05, 0.1) is 24.8 Å². The van der Waals surface area contributed by atoms with Gasteiger partial charge in [-0.05, 0) is 19.1 Å². The van der Waals surface area contributed by atoms with Gasteiger partial charge in [-0.3, -0.25) is 0 Å². The van der Waals surface area contributed by atoms with Crippen molar-refractivity contribution in [2.75, 3.05) is 13.7 Å². The van der Waals surface area contributed by atoms with Gasteiger partial charge in [-0.1, -0.05) is 11.6 Å². The van der Waals surface area contributed by atoms with Crippen LogP contribution in [0, 0.1) is 0 Å². The minimum Gasteiger partial charge on any atom is -0.480 e. The van der Waals surface area contributed by atoms with Gasteiger partial charge in [0.1, 0.15) is 10.7 Å². The van der Waals surface area contributed by atoms with Gasteiger partial charge in [-0.2, -0.15) is 0 Å². The first-order chi connectivity index (χ1) is 8.15. The summed E-state index contributed by atoms with van der Waals surface area (Å²) in [6.45, 7) is 2.07. The summed E-state index contributed by atoms with van der Waals surface area (Å²) in [6, 6.07) is 3.26. The normalized spacial score (nSPS) is 10.5. The van der Waals surface area contributed by atoms with Crippen LogP contribution >= 0.6 is 11.6 Å². The third kappa shape index (κ3) is 2.19. The number of carbonyl (C=O) groups excluding carboxylic acids is 1. The predicted molar refractivity (Wildman–Crippen MR) is 63.6 cm³/mol. The number of hydrogen-bond acceptors (Lipinski definition) is 4. The van der Waals surface area contributed by atoms with E-state index in [4.69, 9.17) is 21.1 Å². The summed E-state index contributed by atoms with van der Waals surface area (Å²) in [6.07, 6.45) is 0. The Hall–Kier alpha value is -1.75. The number of esters is 1. The molecule has 5 nitrogen and oxygen atoms in total. The third-order valence-electron chi connectivity index (χ3n) is 2.21. The molecule has 1 N–H and O–H groups in total. The van der Waals surface area contributed by atoms with Crippen molar-refractivity contribution >= 4 is 28.6 Å². The summed E-state index contributed by atoms with van der Waals surface area (Å²) in [5, 5.41) is 0.386. The Kier molecular flexibility index (Phi) is 3.19. The zero-order valence-corrected chi connectivity index (χ0v) is 10.2. The highest BCUT2D eigenvalue weighted by Crippen LogP contribution is 2.26. The molecule has 0 bridgehead atoms. The van der Waals surface area contributed by atoms with Crippen LogP contribution in [-0.4, -0.2) is 29.7 Å². The van der Waals surface area contributed by atoms with Crippen molar-refractivity contribution in [3.05, 3.63) is 22.8 Å². The average Bonchev–Trinajstić information content (AvgIpc) is 2.71. The summed E-state index contributed by atoms with van der Waals surface area (Å²) >= 11 is 5.93. The molecule has 0 radical (unpaired) electrons. The second-order valence-corrected chi connectivity index (χ2v) is 3.72. The number of rotatable bonds is 3. The quantitative estimate of drug-likeness (QED) is 0.855. The lowest BCUT2D eigenvalue weighted by Gasteiger charge is -2.00. The highest BCUT2D eigenvalue weighted by Gasteiger charge is 2.13. The van der Waals surface area contributed by atoms with Gasteiger partial charge in [0.2, 0.25) is 5.88 Å². The SMILES string of the molecule is CCOC(=O)c1cc2nc(OC)c(Cl)cc2[nH]1. The Morgan fingerprint density at radius 3 is 2.94 bits per heavy atom. The van der Waals surface area contributed by atoms with Crippen LogP contribution in [0.5, 0.6) is 5.88 Å². The lowest BCUT2D eigenvalue weighted by Crippen LogP contribution is -2.04. The van der Waals surface area contributed by atoms with Gasteiger partial charge in [0, 0.05) is 0 Å². The fourth-order valence-corrected chi connectivity index (χ4v) is 1.70. The van der Waals surface area contributed by atoms with Crippen LogP contribution in [0.25, 0.3) is 11.0 Å². The zero-order valence-electron chi connectivity index (χ0n) is 9.41. The van der Waals surface area contributed by atoms with E-state index in [1.54, 1.807) is 19.1 Å². The Labute approximate surface area is 103 Å². The molecule has 2 rings (SSSR count). The highest BCUT2D eigenvalue weighted by molar-refractivity contribution is 6.32. The molecule has 0 aliphatic heterocycles. The van der Waals surface area contributed by atoms with Crippen molar-refractivity contribution in [3.8, 4) is 5.88 Å². The first kappa shape index (κ1) is 11.7. The maximum absolute atomic E-state index is 11.5. The van der Waals surface area contributed by atoms with Crippen molar-refractivity contribution in [2.24, 2.45) is 0 Å². The maximum atomic E-state index is 11.5. The number of hydrogen-bond donors (Lipinski definition) is 1. The van der Waals surface area contributed by atoms with Crippen molar-refractivity contribution in [2.45, 2.75) is 6.92 Å². The number of methoxy groups -OCH3 is 1. The molecule has 0 amide bonds. The summed E-state index contributed by atoms with van der Waals surface area (Å²) < 4.78 is 9.88. The zero-order chi connectivity index (χ0) is 12.4. The number of aromatic nitrogens is 2. The number of aromatic amines is 1. The third-order valence-corrected chi connectivity index (χ3v) is 2.48. The van der Waals surface area contributed by atoms with E-state index >= 15 is 0 Å². The number of fused-ring (bicyclic) bond motifs is 1.